The molecule has 6 nitrogen and oxygen atoms in total. The van der Waals surface area contributed by atoms with Crippen LogP contribution in [0.15, 0.2) is 15.6 Å². The molecule has 0 radical (unpaired) electrons. The van der Waals surface area contributed by atoms with Gasteiger partial charge in [0.05, 0.1) is 10.6 Å². The topological polar surface area (TPSA) is 88.4 Å². The van der Waals surface area contributed by atoms with Crippen molar-refractivity contribution in [1.82, 2.24) is 4.72 Å². The van der Waals surface area contributed by atoms with Crippen molar-refractivity contribution < 1.29 is 17.6 Å². The fourth-order valence-corrected chi connectivity index (χ4v) is 4.93. The van der Waals surface area contributed by atoms with Crippen LogP contribution < -0.4 is 10.0 Å². The molecule has 0 unspecified atom stereocenters. The number of aryl methyl sites for hydroxylation is 2. The van der Waals surface area contributed by atoms with Gasteiger partial charge in [0.15, 0.2) is 0 Å². The van der Waals surface area contributed by atoms with Crippen LogP contribution in [0.1, 0.15) is 45.0 Å². The summed E-state index contributed by atoms with van der Waals surface area (Å²) in [4.78, 5) is 13.9. The molecular weight excluding hydrogens is 348 g/mol. The first kappa shape index (κ1) is 17.2. The highest BCUT2D eigenvalue weighted by atomic mass is 32.2. The number of sulfonamides is 1. The second-order valence-corrected chi connectivity index (χ2v) is 8.78. The Balaban J connectivity index is 1.87. The summed E-state index contributed by atoms with van der Waals surface area (Å²) in [5.74, 6) is -0.0733. The lowest BCUT2D eigenvalue weighted by Gasteiger charge is -2.10. The number of thiophene rings is 1. The molecule has 0 spiro atoms. The average Bonchev–Trinajstić information content (AvgIpc) is 3.09. The third-order valence-corrected chi connectivity index (χ3v) is 6.91. The third-order valence-electron chi connectivity index (χ3n) is 4.34. The van der Waals surface area contributed by atoms with Crippen molar-refractivity contribution in [1.29, 1.82) is 0 Å². The van der Waals surface area contributed by atoms with Gasteiger partial charge in [-0.15, -0.1) is 11.3 Å². The molecule has 0 fully saturated rings. The Kier molecular flexibility index (Phi) is 4.54. The highest BCUT2D eigenvalue weighted by Crippen LogP contribution is 2.37. The number of anilines is 1. The Labute approximate surface area is 145 Å². The van der Waals surface area contributed by atoms with Crippen LogP contribution in [0, 0.1) is 13.8 Å². The predicted octanol–water partition coefficient (Wildman–Crippen LogP) is 3.00. The van der Waals surface area contributed by atoms with Gasteiger partial charge in [0.25, 0.3) is 15.9 Å². The van der Waals surface area contributed by atoms with Crippen molar-refractivity contribution in [2.24, 2.45) is 0 Å². The van der Waals surface area contributed by atoms with E-state index in [2.05, 4.69) is 10.0 Å². The monoisotopic (exact) mass is 368 g/mol. The lowest BCUT2D eigenvalue weighted by molar-refractivity contribution is 0.102. The van der Waals surface area contributed by atoms with Gasteiger partial charge in [-0.05, 0) is 57.7 Å². The molecule has 0 saturated heterocycles. The van der Waals surface area contributed by atoms with E-state index in [1.165, 1.54) is 36.4 Å². The van der Waals surface area contributed by atoms with E-state index in [0.29, 0.717) is 0 Å². The molecule has 0 aliphatic heterocycles. The Morgan fingerprint density at radius 1 is 1.25 bits per heavy atom. The van der Waals surface area contributed by atoms with Crippen molar-refractivity contribution in [3.63, 3.8) is 0 Å². The fourth-order valence-electron chi connectivity index (χ4n) is 2.93. The molecule has 2 aromatic rings. The van der Waals surface area contributed by atoms with Gasteiger partial charge >= 0.3 is 0 Å². The summed E-state index contributed by atoms with van der Waals surface area (Å²) in [5, 5.41) is 3.50. The molecular formula is C16H20N2O4S2. The van der Waals surface area contributed by atoms with E-state index in [-0.39, 0.29) is 22.3 Å². The molecule has 1 aliphatic rings. The molecule has 0 saturated carbocycles. The summed E-state index contributed by atoms with van der Waals surface area (Å²) in [6, 6.07) is 1.26. The zero-order chi connectivity index (χ0) is 17.5. The number of fused-ring (bicyclic) bond motifs is 1. The molecule has 24 heavy (non-hydrogen) atoms. The number of carbonyl (C=O) groups excluding carboxylic acids is 1. The highest BCUT2D eigenvalue weighted by Gasteiger charge is 2.24. The summed E-state index contributed by atoms with van der Waals surface area (Å²) in [7, 11) is -2.41. The van der Waals surface area contributed by atoms with E-state index in [1.807, 2.05) is 6.92 Å². The molecule has 130 valence electrons. The van der Waals surface area contributed by atoms with Gasteiger partial charge in [0, 0.05) is 10.9 Å². The number of rotatable bonds is 4. The second-order valence-electron chi connectivity index (χ2n) is 5.86. The summed E-state index contributed by atoms with van der Waals surface area (Å²) < 4.78 is 31.0. The predicted molar refractivity (Wildman–Crippen MR) is 93.3 cm³/mol. The minimum absolute atomic E-state index is 0.231. The van der Waals surface area contributed by atoms with Gasteiger partial charge < -0.3 is 9.73 Å². The number of furan rings is 1. The molecule has 2 aromatic heterocycles. The Morgan fingerprint density at radius 3 is 2.62 bits per heavy atom. The van der Waals surface area contributed by atoms with Crippen LogP contribution in [0.5, 0.6) is 0 Å². The van der Waals surface area contributed by atoms with E-state index >= 15 is 0 Å². The van der Waals surface area contributed by atoms with E-state index in [1.54, 1.807) is 18.3 Å². The number of nitrogens with one attached hydrogen (secondary N) is 2. The number of amides is 1. The van der Waals surface area contributed by atoms with E-state index in [0.717, 1.165) is 23.4 Å². The van der Waals surface area contributed by atoms with Crippen LogP contribution in [-0.2, 0) is 22.9 Å². The largest absolute Gasteiger partial charge is 0.448 e. The number of carbonyl (C=O) groups is 1. The summed E-state index contributed by atoms with van der Waals surface area (Å²) in [6.07, 6.45) is 4.49. The lowest BCUT2D eigenvalue weighted by Crippen LogP contribution is -2.18. The first-order chi connectivity index (χ1) is 11.3. The van der Waals surface area contributed by atoms with Crippen molar-refractivity contribution in [2.45, 2.75) is 44.6 Å². The van der Waals surface area contributed by atoms with Gasteiger partial charge in [0.1, 0.15) is 5.76 Å². The van der Waals surface area contributed by atoms with E-state index in [9.17, 15) is 13.2 Å². The van der Waals surface area contributed by atoms with Crippen molar-refractivity contribution in [2.75, 3.05) is 12.4 Å². The maximum Gasteiger partial charge on any atom is 0.273 e. The van der Waals surface area contributed by atoms with Gasteiger partial charge in [-0.2, -0.15) is 0 Å². The van der Waals surface area contributed by atoms with Crippen LogP contribution in [0.3, 0.4) is 0 Å². The molecule has 1 aliphatic carbocycles. The lowest BCUT2D eigenvalue weighted by atomic mass is 9.96. The van der Waals surface area contributed by atoms with Crippen molar-refractivity contribution >= 4 is 32.3 Å². The standard InChI is InChI=1S/C16H20N2O4S2/c1-9-11-6-4-5-7-13(11)23-16(9)18-15(19)12-8-14(22-10(12)2)24(20,21)17-3/h8,17H,4-7H2,1-3H3,(H,18,19). The zero-order valence-corrected chi connectivity index (χ0v) is 15.5. The van der Waals surface area contributed by atoms with E-state index in [4.69, 9.17) is 4.42 Å². The van der Waals surface area contributed by atoms with Crippen LogP contribution in [0.4, 0.5) is 5.00 Å². The van der Waals surface area contributed by atoms with Crippen molar-refractivity contribution in [3.8, 4) is 0 Å². The average molecular weight is 368 g/mol. The van der Waals surface area contributed by atoms with Gasteiger partial charge in [-0.25, -0.2) is 13.1 Å². The SMILES string of the molecule is CNS(=O)(=O)c1cc(C(=O)Nc2sc3c(c2C)CCCC3)c(C)o1. The number of hydrogen-bond acceptors (Lipinski definition) is 5. The molecule has 0 atom stereocenters. The zero-order valence-electron chi connectivity index (χ0n) is 13.9. The summed E-state index contributed by atoms with van der Waals surface area (Å²) >= 11 is 1.61. The minimum atomic E-state index is -3.71. The highest BCUT2D eigenvalue weighted by molar-refractivity contribution is 7.89. The molecule has 2 N–H and O–H groups in total. The smallest absolute Gasteiger partial charge is 0.273 e. The third kappa shape index (κ3) is 3.01. The first-order valence-electron chi connectivity index (χ1n) is 7.80. The Hall–Kier alpha value is -1.64. The Bertz CT molecular complexity index is 894. The van der Waals surface area contributed by atoms with Crippen LogP contribution >= 0.6 is 11.3 Å². The first-order valence-corrected chi connectivity index (χ1v) is 10.1. The summed E-state index contributed by atoms with van der Waals surface area (Å²) in [5.41, 5.74) is 2.70. The quantitative estimate of drug-likeness (QED) is 0.868. The molecule has 3 rings (SSSR count). The molecule has 1 amide bonds. The summed E-state index contributed by atoms with van der Waals surface area (Å²) in [6.45, 7) is 3.60. The van der Waals surface area contributed by atoms with Crippen LogP contribution in [0.25, 0.3) is 0 Å². The van der Waals surface area contributed by atoms with Crippen molar-refractivity contribution in [3.05, 3.63) is 33.4 Å². The number of hydrogen-bond donors (Lipinski definition) is 2. The second kappa shape index (κ2) is 6.34. The molecule has 0 bridgehead atoms. The normalized spacial score (nSPS) is 14.5. The van der Waals surface area contributed by atoms with Crippen LogP contribution in [-0.4, -0.2) is 21.4 Å². The Morgan fingerprint density at radius 2 is 1.96 bits per heavy atom. The van der Waals surface area contributed by atoms with Gasteiger partial charge in [-0.3, -0.25) is 4.79 Å². The molecule has 0 aromatic carbocycles. The molecule has 8 heteroatoms. The van der Waals surface area contributed by atoms with Crippen LogP contribution in [0.2, 0.25) is 0 Å². The maximum atomic E-state index is 12.5. The van der Waals surface area contributed by atoms with E-state index < -0.39 is 10.0 Å². The van der Waals surface area contributed by atoms with Gasteiger partial charge in [-0.1, -0.05) is 0 Å². The van der Waals surface area contributed by atoms with Gasteiger partial charge in [0.2, 0.25) is 5.09 Å². The minimum Gasteiger partial charge on any atom is -0.448 e. The maximum absolute atomic E-state index is 12.5. The fraction of sp³-hybridized carbons (Fsp3) is 0.438. The molecule has 2 heterocycles.